The lowest BCUT2D eigenvalue weighted by molar-refractivity contribution is -0.140. The summed E-state index contributed by atoms with van der Waals surface area (Å²) in [5.74, 6) is 3.89. The lowest BCUT2D eigenvalue weighted by atomic mass is 9.49. The highest BCUT2D eigenvalue weighted by atomic mass is 16.5. The molecular weight excluding hydrogens is 290 g/mol. The number of rotatable bonds is 4. The van der Waals surface area contributed by atoms with Crippen LogP contribution in [0.5, 0.6) is 11.5 Å². The maximum atomic E-state index is 13.1. The molecule has 0 aliphatic heterocycles. The summed E-state index contributed by atoms with van der Waals surface area (Å²) in [6, 6.07) is 5.53. The van der Waals surface area contributed by atoms with Gasteiger partial charge in [0.15, 0.2) is 0 Å². The van der Waals surface area contributed by atoms with E-state index >= 15 is 0 Å². The Hall–Kier alpha value is -1.71. The van der Waals surface area contributed by atoms with Gasteiger partial charge in [-0.15, -0.1) is 0 Å². The van der Waals surface area contributed by atoms with Crippen LogP contribution in [0.2, 0.25) is 0 Å². The van der Waals surface area contributed by atoms with Gasteiger partial charge in [-0.25, -0.2) is 0 Å². The molecule has 4 aliphatic rings. The number of methoxy groups -OCH3 is 2. The molecule has 23 heavy (non-hydrogen) atoms. The van der Waals surface area contributed by atoms with Crippen LogP contribution < -0.4 is 14.8 Å². The standard InChI is InChI=1S/C19H25NO3/c1-22-15-3-4-17(23-2)16(8-15)20-18(21)19-9-12-5-13(10-19)7-14(6-12)11-19/h3-4,8,12-14H,5-7,9-11H2,1-2H3,(H,20,21). The Bertz CT molecular complexity index is 590. The fourth-order valence-corrected chi connectivity index (χ4v) is 5.56. The second-order valence-corrected chi connectivity index (χ2v) is 7.72. The normalized spacial score (nSPS) is 34.3. The fourth-order valence-electron chi connectivity index (χ4n) is 5.56. The van der Waals surface area contributed by atoms with Crippen LogP contribution in [0.15, 0.2) is 18.2 Å². The average Bonchev–Trinajstić information content (AvgIpc) is 2.53. The summed E-state index contributed by atoms with van der Waals surface area (Å²) >= 11 is 0. The second kappa shape index (κ2) is 5.43. The molecule has 4 heteroatoms. The summed E-state index contributed by atoms with van der Waals surface area (Å²) in [6.07, 6.45) is 7.23. The van der Waals surface area contributed by atoms with E-state index < -0.39 is 0 Å². The van der Waals surface area contributed by atoms with Gasteiger partial charge in [0.25, 0.3) is 0 Å². The molecule has 4 fully saturated rings. The monoisotopic (exact) mass is 315 g/mol. The van der Waals surface area contributed by atoms with Gasteiger partial charge in [0.05, 0.1) is 25.3 Å². The van der Waals surface area contributed by atoms with Crippen molar-refractivity contribution in [3.63, 3.8) is 0 Å². The van der Waals surface area contributed by atoms with Gasteiger partial charge in [-0.1, -0.05) is 0 Å². The van der Waals surface area contributed by atoms with Gasteiger partial charge in [0.1, 0.15) is 11.5 Å². The fraction of sp³-hybridized carbons (Fsp3) is 0.632. The molecule has 4 saturated carbocycles. The molecule has 0 atom stereocenters. The van der Waals surface area contributed by atoms with Crippen molar-refractivity contribution in [3.8, 4) is 11.5 Å². The third-order valence-corrected chi connectivity index (χ3v) is 6.17. The Kier molecular flexibility index (Phi) is 3.51. The Morgan fingerprint density at radius 2 is 1.65 bits per heavy atom. The molecule has 1 aromatic rings. The topological polar surface area (TPSA) is 47.6 Å². The highest BCUT2D eigenvalue weighted by Gasteiger charge is 2.54. The first-order chi connectivity index (χ1) is 11.1. The van der Waals surface area contributed by atoms with Crippen LogP contribution in [0, 0.1) is 23.2 Å². The van der Waals surface area contributed by atoms with Crippen LogP contribution in [0.25, 0.3) is 0 Å². The summed E-state index contributed by atoms with van der Waals surface area (Å²) in [6.45, 7) is 0. The average molecular weight is 315 g/mol. The van der Waals surface area contributed by atoms with Crippen molar-refractivity contribution in [2.45, 2.75) is 38.5 Å². The number of carbonyl (C=O) groups excluding carboxylic acids is 1. The highest BCUT2D eigenvalue weighted by molar-refractivity contribution is 5.97. The van der Waals surface area contributed by atoms with E-state index in [0.29, 0.717) is 11.4 Å². The van der Waals surface area contributed by atoms with Gasteiger partial charge in [-0.3, -0.25) is 4.79 Å². The van der Waals surface area contributed by atoms with Crippen molar-refractivity contribution in [1.29, 1.82) is 0 Å². The number of amides is 1. The number of nitrogens with one attached hydrogen (secondary N) is 1. The van der Waals surface area contributed by atoms with E-state index in [1.165, 1.54) is 19.3 Å². The first-order valence-electron chi connectivity index (χ1n) is 8.65. The second-order valence-electron chi connectivity index (χ2n) is 7.72. The van der Waals surface area contributed by atoms with Crippen molar-refractivity contribution >= 4 is 11.6 Å². The Labute approximate surface area is 137 Å². The van der Waals surface area contributed by atoms with Gasteiger partial charge in [0, 0.05) is 6.07 Å². The molecule has 4 nitrogen and oxygen atoms in total. The SMILES string of the molecule is COc1ccc(OC)c(NC(=O)C23CC4CC(CC(C4)C2)C3)c1. The maximum Gasteiger partial charge on any atom is 0.230 e. The molecule has 124 valence electrons. The largest absolute Gasteiger partial charge is 0.497 e. The minimum atomic E-state index is -0.150. The molecule has 5 rings (SSSR count). The van der Waals surface area contributed by atoms with Crippen molar-refractivity contribution in [1.82, 2.24) is 0 Å². The van der Waals surface area contributed by atoms with E-state index in [9.17, 15) is 4.79 Å². The quantitative estimate of drug-likeness (QED) is 0.918. The summed E-state index contributed by atoms with van der Waals surface area (Å²) in [4.78, 5) is 13.1. The first-order valence-corrected chi connectivity index (χ1v) is 8.65. The summed E-state index contributed by atoms with van der Waals surface area (Å²) in [7, 11) is 3.26. The maximum absolute atomic E-state index is 13.1. The molecule has 0 saturated heterocycles. The van der Waals surface area contributed by atoms with E-state index in [0.717, 1.165) is 42.8 Å². The molecule has 0 spiro atoms. The summed E-state index contributed by atoms with van der Waals surface area (Å²) in [5.41, 5.74) is 0.565. The molecule has 4 bridgehead atoms. The number of hydrogen-bond acceptors (Lipinski definition) is 3. The van der Waals surface area contributed by atoms with E-state index in [1.807, 2.05) is 18.2 Å². The predicted octanol–water partition coefficient (Wildman–Crippen LogP) is 3.86. The van der Waals surface area contributed by atoms with E-state index in [1.54, 1.807) is 14.2 Å². The minimum Gasteiger partial charge on any atom is -0.497 e. The molecule has 1 aromatic carbocycles. The Balaban J connectivity index is 1.58. The zero-order chi connectivity index (χ0) is 16.0. The van der Waals surface area contributed by atoms with E-state index in [4.69, 9.17) is 9.47 Å². The van der Waals surface area contributed by atoms with Crippen LogP contribution >= 0.6 is 0 Å². The molecule has 0 unspecified atom stereocenters. The molecular formula is C19H25NO3. The van der Waals surface area contributed by atoms with Gasteiger partial charge in [-0.2, -0.15) is 0 Å². The van der Waals surface area contributed by atoms with Crippen LogP contribution in [-0.4, -0.2) is 20.1 Å². The Morgan fingerprint density at radius 3 is 2.17 bits per heavy atom. The number of anilines is 1. The van der Waals surface area contributed by atoms with Crippen molar-refractivity contribution < 1.29 is 14.3 Å². The van der Waals surface area contributed by atoms with Gasteiger partial charge in [-0.05, 0) is 68.4 Å². The van der Waals surface area contributed by atoms with Crippen LogP contribution in [0.3, 0.4) is 0 Å². The van der Waals surface area contributed by atoms with Crippen LogP contribution in [0.1, 0.15) is 38.5 Å². The molecule has 0 radical (unpaired) electrons. The van der Waals surface area contributed by atoms with Crippen molar-refractivity contribution in [2.75, 3.05) is 19.5 Å². The third kappa shape index (κ3) is 2.48. The molecule has 1 amide bonds. The number of hydrogen-bond donors (Lipinski definition) is 1. The number of carbonyl (C=O) groups is 1. The third-order valence-electron chi connectivity index (χ3n) is 6.17. The smallest absolute Gasteiger partial charge is 0.230 e. The van der Waals surface area contributed by atoms with Gasteiger partial charge in [0.2, 0.25) is 5.91 Å². The Morgan fingerprint density at radius 1 is 1.04 bits per heavy atom. The predicted molar refractivity (Wildman–Crippen MR) is 88.8 cm³/mol. The first kappa shape index (κ1) is 14.9. The number of ether oxygens (including phenoxy) is 2. The molecule has 4 aliphatic carbocycles. The van der Waals surface area contributed by atoms with Gasteiger partial charge < -0.3 is 14.8 Å². The summed E-state index contributed by atoms with van der Waals surface area (Å²) in [5, 5.41) is 3.15. The van der Waals surface area contributed by atoms with E-state index in [-0.39, 0.29) is 11.3 Å². The molecule has 0 heterocycles. The molecule has 1 N–H and O–H groups in total. The van der Waals surface area contributed by atoms with Crippen molar-refractivity contribution in [2.24, 2.45) is 23.2 Å². The number of benzene rings is 1. The zero-order valence-corrected chi connectivity index (χ0v) is 13.9. The van der Waals surface area contributed by atoms with Crippen molar-refractivity contribution in [3.05, 3.63) is 18.2 Å². The summed E-state index contributed by atoms with van der Waals surface area (Å²) < 4.78 is 10.7. The highest BCUT2D eigenvalue weighted by Crippen LogP contribution is 2.60. The lowest BCUT2D eigenvalue weighted by Gasteiger charge is -2.55. The lowest BCUT2D eigenvalue weighted by Crippen LogP contribution is -2.51. The van der Waals surface area contributed by atoms with E-state index in [2.05, 4.69) is 5.32 Å². The minimum absolute atomic E-state index is 0.150. The zero-order valence-electron chi connectivity index (χ0n) is 13.9. The van der Waals surface area contributed by atoms with Crippen LogP contribution in [0.4, 0.5) is 5.69 Å². The van der Waals surface area contributed by atoms with Crippen LogP contribution in [-0.2, 0) is 4.79 Å². The molecule has 0 aromatic heterocycles. The van der Waals surface area contributed by atoms with Gasteiger partial charge >= 0.3 is 0 Å².